The lowest BCUT2D eigenvalue weighted by atomic mass is 9.97. The van der Waals surface area contributed by atoms with Crippen LogP contribution in [0.2, 0.25) is 0 Å². The van der Waals surface area contributed by atoms with E-state index in [1.165, 1.54) is 0 Å². The maximum absolute atomic E-state index is 13.6. The van der Waals surface area contributed by atoms with Gasteiger partial charge in [-0.3, -0.25) is 4.79 Å². The lowest BCUT2D eigenvalue weighted by molar-refractivity contribution is 0.0254. The first kappa shape index (κ1) is 27.9. The van der Waals surface area contributed by atoms with Crippen molar-refractivity contribution in [1.29, 1.82) is 0 Å². The largest absolute Gasteiger partial charge is 0.497 e. The number of amides is 1. The molecule has 3 heterocycles. The summed E-state index contributed by atoms with van der Waals surface area (Å²) in [5.74, 6) is 7.77. The number of carbonyl (C=O) groups is 1. The van der Waals surface area contributed by atoms with E-state index in [9.17, 15) is 9.90 Å². The normalized spacial score (nSPS) is 21.0. The molecule has 2 aromatic rings. The number of carbonyl (C=O) groups excluding carboxylic acids is 1. The number of aliphatic hydroxyl groups is 1. The Hall–Kier alpha value is -3.12. The summed E-state index contributed by atoms with van der Waals surface area (Å²) < 4.78 is 17.1. The zero-order valence-electron chi connectivity index (χ0n) is 22.9. The van der Waals surface area contributed by atoms with E-state index in [-0.39, 0.29) is 30.6 Å². The molecule has 38 heavy (non-hydrogen) atoms. The molecule has 1 N–H and O–H groups in total. The van der Waals surface area contributed by atoms with Crippen LogP contribution in [0.1, 0.15) is 48.2 Å². The van der Waals surface area contributed by atoms with E-state index in [2.05, 4.69) is 35.7 Å². The third-order valence-electron chi connectivity index (χ3n) is 7.36. The summed E-state index contributed by atoms with van der Waals surface area (Å²) in [4.78, 5) is 22.2. The van der Waals surface area contributed by atoms with E-state index in [1.54, 1.807) is 24.3 Å². The van der Waals surface area contributed by atoms with Gasteiger partial charge in [-0.2, -0.15) is 0 Å². The van der Waals surface area contributed by atoms with Gasteiger partial charge in [0, 0.05) is 56.1 Å². The van der Waals surface area contributed by atoms with Gasteiger partial charge in [-0.1, -0.05) is 18.8 Å². The Kier molecular flexibility index (Phi) is 9.62. The number of rotatable bonds is 7. The number of hydrogen-bond acceptors (Lipinski definition) is 7. The van der Waals surface area contributed by atoms with E-state index < -0.39 is 0 Å². The number of aromatic nitrogens is 1. The van der Waals surface area contributed by atoms with E-state index in [4.69, 9.17) is 14.2 Å². The second-order valence-corrected chi connectivity index (χ2v) is 10.5. The second-order valence-electron chi connectivity index (χ2n) is 10.5. The van der Waals surface area contributed by atoms with Gasteiger partial charge in [0.05, 0.1) is 19.8 Å². The van der Waals surface area contributed by atoms with Gasteiger partial charge in [0.15, 0.2) is 0 Å². The monoisotopic (exact) mass is 521 g/mol. The van der Waals surface area contributed by atoms with Gasteiger partial charge in [-0.25, -0.2) is 4.98 Å². The summed E-state index contributed by atoms with van der Waals surface area (Å²) >= 11 is 0. The van der Waals surface area contributed by atoms with Crippen LogP contribution in [0.5, 0.6) is 11.6 Å². The summed E-state index contributed by atoms with van der Waals surface area (Å²) in [7, 11) is 3.75. The van der Waals surface area contributed by atoms with Crippen LogP contribution in [-0.4, -0.2) is 91.6 Å². The van der Waals surface area contributed by atoms with Gasteiger partial charge in [-0.05, 0) is 63.1 Å². The molecule has 1 aromatic carbocycles. The minimum atomic E-state index is -0.328. The molecule has 8 heteroatoms. The van der Waals surface area contributed by atoms with E-state index in [1.807, 2.05) is 31.2 Å². The molecule has 1 fully saturated rings. The van der Waals surface area contributed by atoms with Crippen molar-refractivity contribution in [2.75, 3.05) is 53.6 Å². The maximum Gasteiger partial charge on any atom is 0.259 e. The number of benzene rings is 1. The smallest absolute Gasteiger partial charge is 0.259 e. The van der Waals surface area contributed by atoms with Gasteiger partial charge in [0.2, 0.25) is 5.88 Å². The summed E-state index contributed by atoms with van der Waals surface area (Å²) in [6.07, 6.45) is 3.64. The van der Waals surface area contributed by atoms with Gasteiger partial charge >= 0.3 is 0 Å². The maximum atomic E-state index is 13.6. The fourth-order valence-electron chi connectivity index (χ4n) is 4.96. The highest BCUT2D eigenvalue weighted by Crippen LogP contribution is 2.28. The quantitative estimate of drug-likeness (QED) is 0.561. The number of pyridine rings is 1. The number of methoxy groups -OCH3 is 1. The Balaban J connectivity index is 1.58. The SMILES string of the molecule is COc1ccc(C#Cc2cnc3c(c2)C(=O)N([C@@H](C)CO)C[C@@H](C)[C@H](CN(C)CC2CCOCC2)O3)cc1. The predicted octanol–water partition coefficient (Wildman–Crippen LogP) is 3.07. The lowest BCUT2D eigenvalue weighted by Gasteiger charge is -2.38. The number of ether oxygens (including phenoxy) is 3. The molecule has 0 spiro atoms. The fourth-order valence-corrected chi connectivity index (χ4v) is 4.96. The molecule has 1 aromatic heterocycles. The number of aliphatic hydroxyl groups excluding tert-OH is 1. The van der Waals surface area contributed by atoms with Crippen molar-refractivity contribution >= 4 is 5.91 Å². The summed E-state index contributed by atoms with van der Waals surface area (Å²) in [6, 6.07) is 8.90. The summed E-state index contributed by atoms with van der Waals surface area (Å²) in [5.41, 5.74) is 1.82. The van der Waals surface area contributed by atoms with Crippen molar-refractivity contribution in [3.05, 3.63) is 53.2 Å². The lowest BCUT2D eigenvalue weighted by Crippen LogP contribution is -2.50. The number of nitrogens with zero attached hydrogens (tertiary/aromatic N) is 3. The van der Waals surface area contributed by atoms with Crippen LogP contribution in [0.15, 0.2) is 36.5 Å². The Morgan fingerprint density at radius 2 is 1.89 bits per heavy atom. The van der Waals surface area contributed by atoms with Crippen LogP contribution >= 0.6 is 0 Å². The predicted molar refractivity (Wildman–Crippen MR) is 145 cm³/mol. The third kappa shape index (κ3) is 7.04. The topological polar surface area (TPSA) is 84.4 Å². The van der Waals surface area contributed by atoms with E-state index in [0.717, 1.165) is 43.9 Å². The number of fused-ring (bicyclic) bond motifs is 1. The van der Waals surface area contributed by atoms with Gasteiger partial charge in [0.1, 0.15) is 17.4 Å². The summed E-state index contributed by atoms with van der Waals surface area (Å²) in [6.45, 7) is 7.67. The van der Waals surface area contributed by atoms with E-state index >= 15 is 0 Å². The average Bonchev–Trinajstić information content (AvgIpc) is 2.94. The fraction of sp³-hybridized carbons (Fsp3) is 0.533. The van der Waals surface area contributed by atoms with Crippen LogP contribution < -0.4 is 9.47 Å². The molecular weight excluding hydrogens is 482 g/mol. The standard InChI is InChI=1S/C30H39N3O5/c1-21-17-33(22(2)20-34)30(35)27-15-25(6-5-23-7-9-26(36-4)10-8-23)16-31-29(27)38-28(21)19-32(3)18-24-11-13-37-14-12-24/h7-10,15-16,21-22,24,28,34H,11-14,17-20H2,1-4H3/t21-,22+,28+/m1/s1. The van der Waals surface area contributed by atoms with Crippen molar-refractivity contribution in [2.45, 2.75) is 38.8 Å². The molecular formula is C30H39N3O5. The molecule has 0 unspecified atom stereocenters. The molecule has 0 bridgehead atoms. The highest BCUT2D eigenvalue weighted by molar-refractivity contribution is 5.97. The first-order valence-corrected chi connectivity index (χ1v) is 13.4. The molecule has 3 atom stereocenters. The van der Waals surface area contributed by atoms with E-state index in [0.29, 0.717) is 36.0 Å². The molecule has 2 aliphatic rings. The molecule has 1 amide bonds. The third-order valence-corrected chi connectivity index (χ3v) is 7.36. The van der Waals surface area contributed by atoms with Gasteiger partial charge < -0.3 is 29.1 Å². The van der Waals surface area contributed by atoms with Crippen molar-refractivity contribution in [1.82, 2.24) is 14.8 Å². The molecule has 0 aliphatic carbocycles. The first-order chi connectivity index (χ1) is 18.4. The Bertz CT molecular complexity index is 1140. The van der Waals surface area contributed by atoms with Crippen LogP contribution in [0.25, 0.3) is 0 Å². The molecule has 204 valence electrons. The minimum Gasteiger partial charge on any atom is -0.497 e. The Morgan fingerprint density at radius 3 is 2.58 bits per heavy atom. The second kappa shape index (κ2) is 13.1. The van der Waals surface area contributed by atoms with Gasteiger partial charge in [0.25, 0.3) is 5.91 Å². The molecule has 0 saturated carbocycles. The first-order valence-electron chi connectivity index (χ1n) is 13.4. The zero-order chi connectivity index (χ0) is 27.1. The molecule has 0 radical (unpaired) electrons. The number of hydrogen-bond donors (Lipinski definition) is 1. The van der Waals surface area contributed by atoms with Gasteiger partial charge in [-0.15, -0.1) is 0 Å². The van der Waals surface area contributed by atoms with Crippen molar-refractivity contribution in [2.24, 2.45) is 11.8 Å². The average molecular weight is 522 g/mol. The highest BCUT2D eigenvalue weighted by atomic mass is 16.5. The molecule has 2 aliphatic heterocycles. The van der Waals surface area contributed by atoms with Crippen LogP contribution in [0, 0.1) is 23.7 Å². The minimum absolute atomic E-state index is 0.0505. The van der Waals surface area contributed by atoms with Crippen LogP contribution in [0.3, 0.4) is 0 Å². The highest BCUT2D eigenvalue weighted by Gasteiger charge is 2.34. The van der Waals surface area contributed by atoms with Crippen LogP contribution in [-0.2, 0) is 4.74 Å². The van der Waals surface area contributed by atoms with Crippen molar-refractivity contribution in [3.63, 3.8) is 0 Å². The van der Waals surface area contributed by atoms with Crippen LogP contribution in [0.4, 0.5) is 0 Å². The molecule has 1 saturated heterocycles. The summed E-state index contributed by atoms with van der Waals surface area (Å²) in [5, 5.41) is 9.91. The molecule has 8 nitrogen and oxygen atoms in total. The van der Waals surface area contributed by atoms with Crippen molar-refractivity contribution < 1.29 is 24.1 Å². The number of likely N-dealkylation sites (N-methyl/N-ethyl adjacent to an activating group) is 1. The Labute approximate surface area is 225 Å². The zero-order valence-corrected chi connectivity index (χ0v) is 22.9. The Morgan fingerprint density at radius 1 is 1.18 bits per heavy atom. The molecule has 4 rings (SSSR count). The van der Waals surface area contributed by atoms with Crippen molar-refractivity contribution in [3.8, 4) is 23.5 Å².